The van der Waals surface area contributed by atoms with Crippen LogP contribution in [-0.2, 0) is 16.1 Å². The third kappa shape index (κ3) is 3.68. The van der Waals surface area contributed by atoms with Gasteiger partial charge in [0.15, 0.2) is 0 Å². The average Bonchev–Trinajstić information content (AvgIpc) is 2.69. The molecule has 1 aliphatic carbocycles. The maximum absolute atomic E-state index is 11.6. The molecule has 1 aromatic rings. The van der Waals surface area contributed by atoms with Gasteiger partial charge >= 0.3 is 12.0 Å². The molecule has 1 heterocycles. The number of ether oxygens (including phenoxy) is 1. The van der Waals surface area contributed by atoms with Crippen LogP contribution in [0.1, 0.15) is 12.8 Å². The predicted octanol–water partition coefficient (Wildman–Crippen LogP) is 0.267. The fourth-order valence-electron chi connectivity index (χ4n) is 1.88. The minimum absolute atomic E-state index is 0.124. The minimum atomic E-state index is -0.987. The number of rotatable bonds is 5. The molecule has 1 aliphatic rings. The van der Waals surface area contributed by atoms with E-state index in [1.54, 1.807) is 7.11 Å². The highest BCUT2D eigenvalue weighted by molar-refractivity contribution is 5.89. The molecule has 1 saturated carbocycles. The molecule has 3 N–H and O–H groups in total. The van der Waals surface area contributed by atoms with E-state index in [4.69, 9.17) is 9.84 Å². The van der Waals surface area contributed by atoms with E-state index in [1.807, 2.05) is 0 Å². The number of carbonyl (C=O) groups is 2. The van der Waals surface area contributed by atoms with Crippen LogP contribution in [0.5, 0.6) is 0 Å². The third-order valence-electron chi connectivity index (χ3n) is 2.95. The monoisotopic (exact) mass is 268 g/mol. The van der Waals surface area contributed by atoms with Crippen molar-refractivity contribution in [3.05, 3.63) is 12.4 Å². The van der Waals surface area contributed by atoms with Gasteiger partial charge in [0.05, 0.1) is 18.0 Å². The molecule has 0 unspecified atom stereocenters. The first-order valence-electron chi connectivity index (χ1n) is 5.91. The summed E-state index contributed by atoms with van der Waals surface area (Å²) in [6, 6.07) is -0.201. The van der Waals surface area contributed by atoms with Gasteiger partial charge in [-0.25, -0.2) is 4.79 Å². The summed E-state index contributed by atoms with van der Waals surface area (Å²) >= 11 is 0. The number of hydrogen-bond acceptors (Lipinski definition) is 4. The largest absolute Gasteiger partial charge is 0.480 e. The van der Waals surface area contributed by atoms with Gasteiger partial charge in [0, 0.05) is 19.3 Å². The summed E-state index contributed by atoms with van der Waals surface area (Å²) in [6.07, 6.45) is 4.71. The Hall–Kier alpha value is -2.09. The molecular weight excluding hydrogens is 252 g/mol. The van der Waals surface area contributed by atoms with Crippen LogP contribution in [-0.4, -0.2) is 46.1 Å². The second-order valence-corrected chi connectivity index (χ2v) is 4.44. The molecule has 0 aromatic carbocycles. The number of urea groups is 1. The summed E-state index contributed by atoms with van der Waals surface area (Å²) in [7, 11) is 1.65. The molecule has 104 valence electrons. The lowest BCUT2D eigenvalue weighted by Gasteiger charge is -2.34. The fraction of sp³-hybridized carbons (Fsp3) is 0.545. The second kappa shape index (κ2) is 5.70. The summed E-state index contributed by atoms with van der Waals surface area (Å²) in [4.78, 5) is 22.1. The molecule has 2 amide bonds. The van der Waals surface area contributed by atoms with E-state index in [-0.39, 0.29) is 24.7 Å². The number of nitrogens with one attached hydrogen (secondary N) is 2. The van der Waals surface area contributed by atoms with Crippen LogP contribution in [0.25, 0.3) is 0 Å². The second-order valence-electron chi connectivity index (χ2n) is 4.44. The highest BCUT2D eigenvalue weighted by Gasteiger charge is 2.30. The van der Waals surface area contributed by atoms with Crippen molar-refractivity contribution in [2.24, 2.45) is 0 Å². The first-order valence-corrected chi connectivity index (χ1v) is 5.91. The molecule has 0 bridgehead atoms. The Balaban J connectivity index is 1.76. The number of methoxy groups -OCH3 is 1. The van der Waals surface area contributed by atoms with Crippen LogP contribution >= 0.6 is 0 Å². The molecule has 1 aromatic heterocycles. The fourth-order valence-corrected chi connectivity index (χ4v) is 1.88. The molecule has 0 aliphatic heterocycles. The minimum Gasteiger partial charge on any atom is -0.480 e. The van der Waals surface area contributed by atoms with E-state index in [2.05, 4.69) is 15.7 Å². The topological polar surface area (TPSA) is 105 Å². The normalized spacial score (nSPS) is 21.5. The quantitative estimate of drug-likeness (QED) is 0.710. The van der Waals surface area contributed by atoms with Crippen LogP contribution in [0.15, 0.2) is 12.4 Å². The smallest absolute Gasteiger partial charge is 0.325 e. The van der Waals surface area contributed by atoms with Crippen LogP contribution < -0.4 is 10.6 Å². The van der Waals surface area contributed by atoms with Gasteiger partial charge in [0.2, 0.25) is 0 Å². The number of carboxylic acids is 1. The van der Waals surface area contributed by atoms with Crippen LogP contribution in [0, 0.1) is 0 Å². The standard InChI is InChI=1S/C11H16N4O4/c1-19-9-2-7(3-9)13-11(18)14-8-4-12-15(5-8)6-10(16)17/h4-5,7,9H,2-3,6H2,1H3,(H,16,17)(H2,13,14,18). The summed E-state index contributed by atoms with van der Waals surface area (Å²) in [6.45, 7) is -0.235. The van der Waals surface area contributed by atoms with E-state index >= 15 is 0 Å². The molecule has 2 rings (SSSR count). The number of aliphatic carboxylic acids is 1. The van der Waals surface area contributed by atoms with Gasteiger partial charge in [-0.15, -0.1) is 0 Å². The zero-order valence-corrected chi connectivity index (χ0v) is 10.5. The molecule has 8 heteroatoms. The van der Waals surface area contributed by atoms with Crippen molar-refractivity contribution in [2.75, 3.05) is 12.4 Å². The van der Waals surface area contributed by atoms with Gasteiger partial charge in [-0.2, -0.15) is 5.10 Å². The van der Waals surface area contributed by atoms with Crippen LogP contribution in [0.3, 0.4) is 0 Å². The Kier molecular flexibility index (Phi) is 4.00. The zero-order valence-electron chi connectivity index (χ0n) is 10.5. The highest BCUT2D eigenvalue weighted by atomic mass is 16.5. The van der Waals surface area contributed by atoms with Crippen molar-refractivity contribution in [1.82, 2.24) is 15.1 Å². The number of hydrogen-bond donors (Lipinski definition) is 3. The van der Waals surface area contributed by atoms with Crippen LogP contribution in [0.4, 0.5) is 10.5 Å². The Morgan fingerprint density at radius 3 is 2.95 bits per heavy atom. The number of aromatic nitrogens is 2. The van der Waals surface area contributed by atoms with E-state index in [9.17, 15) is 9.59 Å². The molecule has 0 atom stereocenters. The lowest BCUT2D eigenvalue weighted by Crippen LogP contribution is -2.48. The number of carbonyl (C=O) groups excluding carboxylic acids is 1. The number of amides is 2. The van der Waals surface area contributed by atoms with Crippen molar-refractivity contribution in [2.45, 2.75) is 31.5 Å². The summed E-state index contributed by atoms with van der Waals surface area (Å²) in [5.41, 5.74) is 0.460. The van der Waals surface area contributed by atoms with E-state index in [0.717, 1.165) is 12.8 Å². The summed E-state index contributed by atoms with van der Waals surface area (Å²) in [5, 5.41) is 17.8. The van der Waals surface area contributed by atoms with Crippen molar-refractivity contribution in [1.29, 1.82) is 0 Å². The van der Waals surface area contributed by atoms with E-state index in [0.29, 0.717) is 5.69 Å². The molecular formula is C11H16N4O4. The Morgan fingerprint density at radius 2 is 2.32 bits per heavy atom. The van der Waals surface area contributed by atoms with Gasteiger partial charge in [0.25, 0.3) is 0 Å². The zero-order chi connectivity index (χ0) is 13.8. The maximum atomic E-state index is 11.6. The van der Waals surface area contributed by atoms with Crippen LogP contribution in [0.2, 0.25) is 0 Å². The average molecular weight is 268 g/mol. The molecule has 19 heavy (non-hydrogen) atoms. The number of anilines is 1. The first kappa shape index (κ1) is 13.3. The molecule has 0 spiro atoms. The maximum Gasteiger partial charge on any atom is 0.325 e. The van der Waals surface area contributed by atoms with E-state index in [1.165, 1.54) is 17.1 Å². The number of carboxylic acid groups (broad SMARTS) is 1. The van der Waals surface area contributed by atoms with Gasteiger partial charge in [-0.05, 0) is 12.8 Å². The lowest BCUT2D eigenvalue weighted by atomic mass is 9.89. The molecule has 8 nitrogen and oxygen atoms in total. The van der Waals surface area contributed by atoms with Gasteiger partial charge in [-0.1, -0.05) is 0 Å². The van der Waals surface area contributed by atoms with Gasteiger partial charge in [0.1, 0.15) is 6.54 Å². The molecule has 1 fully saturated rings. The molecule has 0 radical (unpaired) electrons. The molecule has 0 saturated heterocycles. The SMILES string of the molecule is COC1CC(NC(=O)Nc2cnn(CC(=O)O)c2)C1. The van der Waals surface area contributed by atoms with Gasteiger partial charge < -0.3 is 20.5 Å². The van der Waals surface area contributed by atoms with Crippen molar-refractivity contribution in [3.8, 4) is 0 Å². The first-order chi connectivity index (χ1) is 9.06. The highest BCUT2D eigenvalue weighted by Crippen LogP contribution is 2.22. The predicted molar refractivity (Wildman–Crippen MR) is 65.8 cm³/mol. The Labute approximate surface area is 109 Å². The van der Waals surface area contributed by atoms with Crippen molar-refractivity contribution >= 4 is 17.7 Å². The lowest BCUT2D eigenvalue weighted by molar-refractivity contribution is -0.137. The van der Waals surface area contributed by atoms with E-state index < -0.39 is 5.97 Å². The van der Waals surface area contributed by atoms with Gasteiger partial charge in [-0.3, -0.25) is 9.48 Å². The Morgan fingerprint density at radius 1 is 1.58 bits per heavy atom. The summed E-state index contributed by atoms with van der Waals surface area (Å²) in [5.74, 6) is -0.987. The Bertz CT molecular complexity index is 467. The van der Waals surface area contributed by atoms with Crippen molar-refractivity contribution in [3.63, 3.8) is 0 Å². The van der Waals surface area contributed by atoms with Crippen molar-refractivity contribution < 1.29 is 19.4 Å². The third-order valence-corrected chi connectivity index (χ3v) is 2.95. The summed E-state index contributed by atoms with van der Waals surface area (Å²) < 4.78 is 6.35. The number of nitrogens with zero attached hydrogens (tertiary/aromatic N) is 2.